The third kappa shape index (κ3) is 3.83. The standard InChI is InChI=1S/C15H24N2/c16-10-4-3-8-14-7-1-2-9-15(14)13-17-11-5-6-12-17/h1-2,7,9H,3-6,8,10-13,16H2. The molecule has 2 nitrogen and oxygen atoms in total. The van der Waals surface area contributed by atoms with Gasteiger partial charge in [-0.1, -0.05) is 24.3 Å². The van der Waals surface area contributed by atoms with Crippen LogP contribution in [0, 0.1) is 0 Å². The Bertz CT molecular complexity index is 329. The summed E-state index contributed by atoms with van der Waals surface area (Å²) in [6.45, 7) is 4.50. The Kier molecular flexibility index (Phi) is 5.02. The van der Waals surface area contributed by atoms with Gasteiger partial charge in [0, 0.05) is 6.54 Å². The van der Waals surface area contributed by atoms with Gasteiger partial charge >= 0.3 is 0 Å². The van der Waals surface area contributed by atoms with Crippen LogP contribution in [0.3, 0.4) is 0 Å². The number of likely N-dealkylation sites (tertiary alicyclic amines) is 1. The topological polar surface area (TPSA) is 29.3 Å². The van der Waals surface area contributed by atoms with E-state index in [0.717, 1.165) is 19.5 Å². The predicted octanol–water partition coefficient (Wildman–Crippen LogP) is 2.56. The summed E-state index contributed by atoms with van der Waals surface area (Å²) in [5.41, 5.74) is 8.60. The highest BCUT2D eigenvalue weighted by Crippen LogP contribution is 2.17. The summed E-state index contributed by atoms with van der Waals surface area (Å²) in [4.78, 5) is 2.57. The second-order valence-electron chi connectivity index (χ2n) is 5.00. The van der Waals surface area contributed by atoms with Crippen molar-refractivity contribution in [2.75, 3.05) is 19.6 Å². The van der Waals surface area contributed by atoms with Crippen LogP contribution in [0.5, 0.6) is 0 Å². The Hall–Kier alpha value is -0.860. The Balaban J connectivity index is 1.94. The SMILES string of the molecule is NCCCCc1ccccc1CN1CCCC1. The van der Waals surface area contributed by atoms with Crippen LogP contribution in [0.1, 0.15) is 36.8 Å². The molecule has 1 aliphatic heterocycles. The molecular formula is C15H24N2. The molecule has 1 fully saturated rings. The first kappa shape index (κ1) is 12.6. The molecule has 94 valence electrons. The molecule has 0 unspecified atom stereocenters. The van der Waals surface area contributed by atoms with Gasteiger partial charge in [-0.2, -0.15) is 0 Å². The molecule has 0 bridgehead atoms. The van der Waals surface area contributed by atoms with Crippen LogP contribution in [-0.2, 0) is 13.0 Å². The third-order valence-corrected chi connectivity index (χ3v) is 3.61. The van der Waals surface area contributed by atoms with Crippen molar-refractivity contribution in [1.82, 2.24) is 4.90 Å². The molecule has 0 aromatic heterocycles. The molecule has 1 heterocycles. The molecule has 0 aliphatic carbocycles. The van der Waals surface area contributed by atoms with Gasteiger partial charge in [0.2, 0.25) is 0 Å². The van der Waals surface area contributed by atoms with E-state index in [2.05, 4.69) is 29.2 Å². The molecule has 1 aromatic rings. The first-order valence-electron chi connectivity index (χ1n) is 6.89. The fraction of sp³-hybridized carbons (Fsp3) is 0.600. The van der Waals surface area contributed by atoms with Crippen LogP contribution in [0.4, 0.5) is 0 Å². The van der Waals surface area contributed by atoms with Gasteiger partial charge in [-0.15, -0.1) is 0 Å². The fourth-order valence-electron chi connectivity index (χ4n) is 2.60. The predicted molar refractivity (Wildman–Crippen MR) is 72.9 cm³/mol. The number of nitrogens with two attached hydrogens (primary N) is 1. The second kappa shape index (κ2) is 6.77. The maximum atomic E-state index is 5.55. The number of hydrogen-bond donors (Lipinski definition) is 1. The van der Waals surface area contributed by atoms with Crippen LogP contribution in [0.15, 0.2) is 24.3 Å². The van der Waals surface area contributed by atoms with Gasteiger partial charge in [-0.05, 0) is 62.9 Å². The molecule has 2 heteroatoms. The Morgan fingerprint density at radius 1 is 1.00 bits per heavy atom. The molecule has 0 atom stereocenters. The molecule has 1 saturated heterocycles. The zero-order chi connectivity index (χ0) is 11.9. The normalized spacial score (nSPS) is 16.5. The summed E-state index contributed by atoms with van der Waals surface area (Å²) in [5.74, 6) is 0. The minimum atomic E-state index is 0.814. The number of hydrogen-bond acceptors (Lipinski definition) is 2. The van der Waals surface area contributed by atoms with Crippen LogP contribution in [-0.4, -0.2) is 24.5 Å². The summed E-state index contributed by atoms with van der Waals surface area (Å²) < 4.78 is 0. The maximum Gasteiger partial charge on any atom is 0.0236 e. The summed E-state index contributed by atoms with van der Waals surface area (Å²) >= 11 is 0. The highest BCUT2D eigenvalue weighted by Gasteiger charge is 2.13. The Morgan fingerprint density at radius 3 is 2.41 bits per heavy atom. The summed E-state index contributed by atoms with van der Waals surface area (Å²) in [7, 11) is 0. The van der Waals surface area contributed by atoms with Crippen molar-refractivity contribution in [2.24, 2.45) is 5.73 Å². The molecular weight excluding hydrogens is 208 g/mol. The number of rotatable bonds is 6. The van der Waals surface area contributed by atoms with Gasteiger partial charge in [0.05, 0.1) is 0 Å². The van der Waals surface area contributed by atoms with Crippen molar-refractivity contribution >= 4 is 0 Å². The molecule has 0 amide bonds. The largest absolute Gasteiger partial charge is 0.330 e. The lowest BCUT2D eigenvalue weighted by Crippen LogP contribution is -2.19. The van der Waals surface area contributed by atoms with Gasteiger partial charge in [0.15, 0.2) is 0 Å². The lowest BCUT2D eigenvalue weighted by molar-refractivity contribution is 0.330. The lowest BCUT2D eigenvalue weighted by Gasteiger charge is -2.17. The van der Waals surface area contributed by atoms with Crippen LogP contribution >= 0.6 is 0 Å². The first-order valence-corrected chi connectivity index (χ1v) is 6.89. The molecule has 1 aromatic carbocycles. The van der Waals surface area contributed by atoms with Gasteiger partial charge in [-0.3, -0.25) is 4.90 Å². The smallest absolute Gasteiger partial charge is 0.0236 e. The van der Waals surface area contributed by atoms with Crippen molar-refractivity contribution in [1.29, 1.82) is 0 Å². The number of nitrogens with zero attached hydrogens (tertiary/aromatic N) is 1. The third-order valence-electron chi connectivity index (χ3n) is 3.61. The molecule has 0 saturated carbocycles. The zero-order valence-corrected chi connectivity index (χ0v) is 10.7. The van der Waals surface area contributed by atoms with Crippen LogP contribution < -0.4 is 5.73 Å². The van der Waals surface area contributed by atoms with E-state index in [1.807, 2.05) is 0 Å². The van der Waals surface area contributed by atoms with Crippen molar-refractivity contribution in [2.45, 2.75) is 38.6 Å². The van der Waals surface area contributed by atoms with Crippen molar-refractivity contribution in [3.05, 3.63) is 35.4 Å². The van der Waals surface area contributed by atoms with Crippen LogP contribution in [0.25, 0.3) is 0 Å². The number of aryl methyl sites for hydroxylation is 1. The Labute approximate surface area is 105 Å². The van der Waals surface area contributed by atoms with Crippen LogP contribution in [0.2, 0.25) is 0 Å². The molecule has 2 rings (SSSR count). The molecule has 17 heavy (non-hydrogen) atoms. The van der Waals surface area contributed by atoms with E-state index in [1.165, 1.54) is 49.9 Å². The number of benzene rings is 1. The van der Waals surface area contributed by atoms with E-state index in [1.54, 1.807) is 0 Å². The van der Waals surface area contributed by atoms with E-state index in [0.29, 0.717) is 0 Å². The number of unbranched alkanes of at least 4 members (excludes halogenated alkanes) is 1. The first-order chi connectivity index (χ1) is 8.40. The summed E-state index contributed by atoms with van der Waals surface area (Å²) in [6, 6.07) is 8.89. The van der Waals surface area contributed by atoms with Crippen molar-refractivity contribution in [3.8, 4) is 0 Å². The van der Waals surface area contributed by atoms with Gasteiger partial charge in [0.25, 0.3) is 0 Å². The highest BCUT2D eigenvalue weighted by atomic mass is 15.1. The quantitative estimate of drug-likeness (QED) is 0.764. The molecule has 1 aliphatic rings. The Morgan fingerprint density at radius 2 is 1.71 bits per heavy atom. The minimum absolute atomic E-state index is 0.814. The molecule has 0 radical (unpaired) electrons. The molecule has 0 spiro atoms. The summed E-state index contributed by atoms with van der Waals surface area (Å²) in [5, 5.41) is 0. The second-order valence-corrected chi connectivity index (χ2v) is 5.00. The highest BCUT2D eigenvalue weighted by molar-refractivity contribution is 5.27. The average Bonchev–Trinajstić information content (AvgIpc) is 2.84. The monoisotopic (exact) mass is 232 g/mol. The average molecular weight is 232 g/mol. The van der Waals surface area contributed by atoms with Crippen molar-refractivity contribution in [3.63, 3.8) is 0 Å². The molecule has 2 N–H and O–H groups in total. The van der Waals surface area contributed by atoms with E-state index in [4.69, 9.17) is 5.73 Å². The lowest BCUT2D eigenvalue weighted by atomic mass is 10.0. The minimum Gasteiger partial charge on any atom is -0.330 e. The zero-order valence-electron chi connectivity index (χ0n) is 10.7. The fourth-order valence-corrected chi connectivity index (χ4v) is 2.60. The van der Waals surface area contributed by atoms with E-state index in [9.17, 15) is 0 Å². The van der Waals surface area contributed by atoms with E-state index in [-0.39, 0.29) is 0 Å². The van der Waals surface area contributed by atoms with E-state index < -0.39 is 0 Å². The van der Waals surface area contributed by atoms with Gasteiger partial charge in [0.1, 0.15) is 0 Å². The maximum absolute atomic E-state index is 5.55. The van der Waals surface area contributed by atoms with Gasteiger partial charge < -0.3 is 5.73 Å². The van der Waals surface area contributed by atoms with Crippen molar-refractivity contribution < 1.29 is 0 Å². The summed E-state index contributed by atoms with van der Waals surface area (Å²) in [6.07, 6.45) is 6.28. The van der Waals surface area contributed by atoms with E-state index >= 15 is 0 Å². The van der Waals surface area contributed by atoms with Gasteiger partial charge in [-0.25, -0.2) is 0 Å².